The molecule has 100 valence electrons. The molecule has 1 unspecified atom stereocenters. The van der Waals surface area contributed by atoms with Gasteiger partial charge >= 0.3 is 0 Å². The summed E-state index contributed by atoms with van der Waals surface area (Å²) in [5.74, 6) is 0.800. The van der Waals surface area contributed by atoms with Crippen molar-refractivity contribution in [2.45, 2.75) is 69.5 Å². The molecular formula is C14H26ClNO. The van der Waals surface area contributed by atoms with Crippen molar-refractivity contribution >= 4 is 11.6 Å². The first-order valence-corrected chi connectivity index (χ1v) is 7.83. The highest BCUT2D eigenvalue weighted by Gasteiger charge is 2.41. The molecule has 0 aromatic rings. The number of hydrogen-bond donors (Lipinski definition) is 1. The number of halogens is 1. The van der Waals surface area contributed by atoms with Crippen LogP contribution in [0.1, 0.15) is 57.8 Å². The minimum Gasteiger partial charge on any atom is -0.370 e. The van der Waals surface area contributed by atoms with Gasteiger partial charge in [0.2, 0.25) is 0 Å². The van der Waals surface area contributed by atoms with Gasteiger partial charge in [0.05, 0.1) is 11.7 Å². The molecule has 1 N–H and O–H groups in total. The Morgan fingerprint density at radius 2 is 1.94 bits per heavy atom. The van der Waals surface area contributed by atoms with Crippen molar-refractivity contribution in [2.75, 3.05) is 19.0 Å². The van der Waals surface area contributed by atoms with Gasteiger partial charge in [0.15, 0.2) is 0 Å². The van der Waals surface area contributed by atoms with Gasteiger partial charge in [-0.05, 0) is 45.1 Å². The molecule has 0 bridgehead atoms. The van der Waals surface area contributed by atoms with Crippen LogP contribution in [-0.2, 0) is 4.74 Å². The zero-order valence-electron chi connectivity index (χ0n) is 10.8. The van der Waals surface area contributed by atoms with E-state index in [0.717, 1.165) is 25.4 Å². The summed E-state index contributed by atoms with van der Waals surface area (Å²) in [4.78, 5) is 0. The van der Waals surface area contributed by atoms with Crippen molar-refractivity contribution in [3.8, 4) is 0 Å². The molecule has 1 heterocycles. The Morgan fingerprint density at radius 3 is 2.71 bits per heavy atom. The molecule has 1 saturated heterocycles. The summed E-state index contributed by atoms with van der Waals surface area (Å²) in [5, 5.41) is 3.52. The maximum absolute atomic E-state index is 6.25. The maximum atomic E-state index is 6.25. The van der Waals surface area contributed by atoms with Gasteiger partial charge in [-0.1, -0.05) is 19.3 Å². The number of hydrogen-bond acceptors (Lipinski definition) is 2. The van der Waals surface area contributed by atoms with Crippen LogP contribution in [0.4, 0.5) is 0 Å². The molecule has 3 heteroatoms. The summed E-state index contributed by atoms with van der Waals surface area (Å²) < 4.78 is 6.25. The largest absolute Gasteiger partial charge is 0.370 e. The van der Waals surface area contributed by atoms with Gasteiger partial charge in [-0.15, -0.1) is 11.6 Å². The van der Waals surface area contributed by atoms with E-state index in [1.807, 2.05) is 0 Å². The summed E-state index contributed by atoms with van der Waals surface area (Å²) >= 11 is 5.65. The lowest BCUT2D eigenvalue weighted by Crippen LogP contribution is -2.31. The normalized spacial score (nSPS) is 27.0. The lowest BCUT2D eigenvalue weighted by atomic mass is 9.98. The summed E-state index contributed by atoms with van der Waals surface area (Å²) in [7, 11) is 0. The average molecular weight is 260 g/mol. The Labute approximate surface area is 110 Å². The smallest absolute Gasteiger partial charge is 0.0708 e. The number of unbranched alkanes of at least 4 members (excludes halogenated alkanes) is 2. The molecular weight excluding hydrogens is 234 g/mol. The fourth-order valence-corrected chi connectivity index (χ4v) is 3.40. The van der Waals surface area contributed by atoms with Crippen molar-refractivity contribution in [3.63, 3.8) is 0 Å². The van der Waals surface area contributed by atoms with E-state index >= 15 is 0 Å². The second-order valence-corrected chi connectivity index (χ2v) is 6.00. The summed E-state index contributed by atoms with van der Waals surface area (Å²) in [5.41, 5.74) is 0.297. The molecule has 0 aromatic heterocycles. The number of rotatable bonds is 7. The molecule has 1 aliphatic carbocycles. The van der Waals surface area contributed by atoms with Crippen molar-refractivity contribution in [1.82, 2.24) is 5.32 Å². The minimum atomic E-state index is 0.297. The standard InChI is InChI=1S/C14H26ClNO/c15-10-4-1-5-11-16-12-13-6-9-14(17-13)7-2-3-8-14/h13,16H,1-12H2. The molecule has 0 amide bonds. The van der Waals surface area contributed by atoms with E-state index < -0.39 is 0 Å². The van der Waals surface area contributed by atoms with E-state index in [1.54, 1.807) is 0 Å². The Morgan fingerprint density at radius 1 is 1.12 bits per heavy atom. The van der Waals surface area contributed by atoms with Crippen molar-refractivity contribution < 1.29 is 4.74 Å². The van der Waals surface area contributed by atoms with Crippen LogP contribution >= 0.6 is 11.6 Å². The van der Waals surface area contributed by atoms with Crippen LogP contribution in [-0.4, -0.2) is 30.7 Å². The van der Waals surface area contributed by atoms with Crippen LogP contribution in [0.15, 0.2) is 0 Å². The monoisotopic (exact) mass is 259 g/mol. The van der Waals surface area contributed by atoms with Gasteiger partial charge in [-0.2, -0.15) is 0 Å². The van der Waals surface area contributed by atoms with Crippen LogP contribution < -0.4 is 5.32 Å². The molecule has 0 radical (unpaired) electrons. The molecule has 1 saturated carbocycles. The Hall–Kier alpha value is 0.210. The zero-order chi connectivity index (χ0) is 12.0. The lowest BCUT2D eigenvalue weighted by Gasteiger charge is -2.23. The fourth-order valence-electron chi connectivity index (χ4n) is 3.21. The van der Waals surface area contributed by atoms with Crippen LogP contribution in [0.3, 0.4) is 0 Å². The summed E-state index contributed by atoms with van der Waals surface area (Å²) in [6, 6.07) is 0. The highest BCUT2D eigenvalue weighted by Crippen LogP contribution is 2.43. The Balaban J connectivity index is 1.52. The second kappa shape index (κ2) is 6.96. The SMILES string of the molecule is ClCCCCCNCC1CCC2(CCCC2)O1. The van der Waals surface area contributed by atoms with Gasteiger partial charge in [0.25, 0.3) is 0 Å². The van der Waals surface area contributed by atoms with E-state index in [-0.39, 0.29) is 0 Å². The lowest BCUT2D eigenvalue weighted by molar-refractivity contribution is -0.0350. The van der Waals surface area contributed by atoms with Gasteiger partial charge in [0, 0.05) is 12.4 Å². The molecule has 2 nitrogen and oxygen atoms in total. The maximum Gasteiger partial charge on any atom is 0.0708 e. The molecule has 2 fully saturated rings. The second-order valence-electron chi connectivity index (χ2n) is 5.62. The van der Waals surface area contributed by atoms with E-state index in [1.165, 1.54) is 51.4 Å². The number of alkyl halides is 1. The van der Waals surface area contributed by atoms with E-state index in [9.17, 15) is 0 Å². The molecule has 2 aliphatic rings. The third-order valence-electron chi connectivity index (χ3n) is 4.21. The number of ether oxygens (including phenoxy) is 1. The Kier molecular flexibility index (Phi) is 5.58. The highest BCUT2D eigenvalue weighted by molar-refractivity contribution is 6.17. The Bertz CT molecular complexity index is 216. The number of nitrogens with one attached hydrogen (secondary N) is 1. The highest BCUT2D eigenvalue weighted by atomic mass is 35.5. The molecule has 1 atom stereocenters. The predicted octanol–water partition coefficient (Wildman–Crippen LogP) is 3.48. The van der Waals surface area contributed by atoms with Gasteiger partial charge in [-0.25, -0.2) is 0 Å². The fraction of sp³-hybridized carbons (Fsp3) is 1.00. The molecule has 17 heavy (non-hydrogen) atoms. The predicted molar refractivity (Wildman–Crippen MR) is 72.7 cm³/mol. The quantitative estimate of drug-likeness (QED) is 0.558. The van der Waals surface area contributed by atoms with Crippen LogP contribution in [0.25, 0.3) is 0 Å². The van der Waals surface area contributed by atoms with Crippen LogP contribution in [0, 0.1) is 0 Å². The first-order chi connectivity index (χ1) is 8.35. The van der Waals surface area contributed by atoms with E-state index in [2.05, 4.69) is 5.32 Å². The zero-order valence-corrected chi connectivity index (χ0v) is 11.6. The van der Waals surface area contributed by atoms with Crippen LogP contribution in [0.5, 0.6) is 0 Å². The molecule has 1 aliphatic heterocycles. The van der Waals surface area contributed by atoms with Crippen molar-refractivity contribution in [3.05, 3.63) is 0 Å². The van der Waals surface area contributed by atoms with Gasteiger partial charge in [0.1, 0.15) is 0 Å². The van der Waals surface area contributed by atoms with E-state index in [0.29, 0.717) is 11.7 Å². The summed E-state index contributed by atoms with van der Waals surface area (Å²) in [6.45, 7) is 2.16. The summed E-state index contributed by atoms with van der Waals surface area (Å²) in [6.07, 6.45) is 12.0. The minimum absolute atomic E-state index is 0.297. The van der Waals surface area contributed by atoms with Crippen LogP contribution in [0.2, 0.25) is 0 Å². The topological polar surface area (TPSA) is 21.3 Å². The van der Waals surface area contributed by atoms with E-state index in [4.69, 9.17) is 16.3 Å². The molecule has 1 spiro atoms. The third kappa shape index (κ3) is 4.11. The van der Waals surface area contributed by atoms with Crippen molar-refractivity contribution in [2.24, 2.45) is 0 Å². The molecule has 2 rings (SSSR count). The average Bonchev–Trinajstić information content (AvgIpc) is 2.95. The third-order valence-corrected chi connectivity index (χ3v) is 4.48. The first-order valence-electron chi connectivity index (χ1n) is 7.29. The molecule has 0 aromatic carbocycles. The van der Waals surface area contributed by atoms with Gasteiger partial charge in [-0.3, -0.25) is 0 Å². The van der Waals surface area contributed by atoms with Gasteiger partial charge < -0.3 is 10.1 Å². The van der Waals surface area contributed by atoms with Crippen molar-refractivity contribution in [1.29, 1.82) is 0 Å². The first kappa shape index (κ1) is 13.6.